The molecule has 0 aliphatic heterocycles. The number of likely N-dealkylation sites (N-methyl/N-ethyl adjacent to an activating group) is 1. The van der Waals surface area contributed by atoms with Crippen LogP contribution in [0.15, 0.2) is 81.6 Å². The Bertz CT molecular complexity index is 3480. The van der Waals surface area contributed by atoms with Crippen LogP contribution in [-0.4, -0.2) is 146 Å². The number of amides is 1. The second-order valence-electron chi connectivity index (χ2n) is 26.5. The molecule has 10 rings (SSSR count). The van der Waals surface area contributed by atoms with Gasteiger partial charge in [0.2, 0.25) is 17.3 Å². The first kappa shape index (κ1) is 59.7. The van der Waals surface area contributed by atoms with E-state index in [4.69, 9.17) is 19.4 Å². The number of nitrogens with zero attached hydrogens (tertiary/aromatic N) is 5. The number of ether oxygens (including phenoxy) is 1. The molecule has 8 atom stereocenters. The molecule has 2 saturated carbocycles. The van der Waals surface area contributed by atoms with E-state index >= 15 is 9.59 Å². The number of primary amides is 1. The van der Waals surface area contributed by atoms with E-state index in [-0.39, 0.29) is 52.2 Å². The number of benzene rings is 3. The molecule has 6 aliphatic rings. The summed E-state index contributed by atoms with van der Waals surface area (Å²) in [5, 5.41) is 50.3. The third kappa shape index (κ3) is 8.77. The van der Waals surface area contributed by atoms with Gasteiger partial charge in [0, 0.05) is 84.5 Å². The minimum absolute atomic E-state index is 0.0139. The van der Waals surface area contributed by atoms with Gasteiger partial charge in [-0.25, -0.2) is 0 Å². The Balaban J connectivity index is 0.000000210. The number of fused-ring (bicyclic) bond motifs is 7. The van der Waals surface area contributed by atoms with Gasteiger partial charge in [-0.15, -0.1) is 0 Å². The standard InChI is InChI=1S/C38H49N3O6Si.C25H31N3O6/c1-22-17-18-26(40(6)7)24-19-37(5)20-25-30(41(8)9)32-28(35(39-46-32)45-21-23-15-13-12-14-16-23)33(43)38(25,47-48(10,11)36(2,3)4)34(44)29(37)31(42)27(22)24;1-11-7-8-14(27(3)4)12-9-24(2)10-13-18(28(5)6)20(30)16(23(26)33)21(31)25(13,34)22(32)17(24)19(29)15(11)12/h12-18,25,30,42H,19-21H2,1-11H3;7-8,13,18,29,31,34H,9-10H2,1-6H3,(H2,26,33)/t25-,30-,37-,38+;13-,18-,24-,25+/m00/s1. The first-order valence-corrected chi connectivity index (χ1v) is 30.8. The van der Waals surface area contributed by atoms with Gasteiger partial charge < -0.3 is 49.6 Å². The number of aryl methyl sites for hydroxylation is 2. The number of carbonyl (C=O) groups is 5. The van der Waals surface area contributed by atoms with Gasteiger partial charge in [0.25, 0.3) is 11.8 Å². The molecule has 6 N–H and O–H groups in total. The van der Waals surface area contributed by atoms with E-state index in [1.165, 1.54) is 4.90 Å². The lowest BCUT2D eigenvalue weighted by molar-refractivity contribution is -0.156. The number of nitrogens with two attached hydrogens (primary N) is 1. The minimum Gasteiger partial charge on any atom is -0.508 e. The zero-order chi connectivity index (χ0) is 60.6. The molecule has 2 fully saturated rings. The second-order valence-corrected chi connectivity index (χ2v) is 31.2. The molecule has 0 saturated heterocycles. The largest absolute Gasteiger partial charge is 0.508 e. The second kappa shape index (κ2) is 20.2. The number of hydrogen-bond donors (Lipinski definition) is 5. The highest BCUT2D eigenvalue weighted by Crippen LogP contribution is 2.63. The van der Waals surface area contributed by atoms with Gasteiger partial charge in [-0.3, -0.25) is 33.8 Å². The Kier molecular flexibility index (Phi) is 14.7. The molecular weight excluding hydrogens is 1060 g/mol. The number of carbonyl (C=O) groups excluding carboxylic acids is 5. The zero-order valence-electron chi connectivity index (χ0n) is 50.4. The number of aliphatic hydroxyl groups is 4. The first-order chi connectivity index (χ1) is 38.0. The highest BCUT2D eigenvalue weighted by Gasteiger charge is 2.71. The van der Waals surface area contributed by atoms with Crippen molar-refractivity contribution in [3.05, 3.63) is 127 Å². The Labute approximate surface area is 481 Å². The first-order valence-electron chi connectivity index (χ1n) is 27.9. The summed E-state index contributed by atoms with van der Waals surface area (Å²) < 4.78 is 19.4. The van der Waals surface area contributed by atoms with Gasteiger partial charge in [0.15, 0.2) is 31.1 Å². The highest BCUT2D eigenvalue weighted by molar-refractivity contribution is 6.74. The summed E-state index contributed by atoms with van der Waals surface area (Å²) in [7, 11) is 12.0. The highest BCUT2D eigenvalue weighted by atomic mass is 28.4. The molecular formula is C63H80N6O12Si. The predicted molar refractivity (Wildman–Crippen MR) is 315 cm³/mol. The van der Waals surface area contributed by atoms with Gasteiger partial charge >= 0.3 is 0 Å². The number of ketones is 4. The molecule has 1 aromatic heterocycles. The van der Waals surface area contributed by atoms with E-state index in [2.05, 4.69) is 45.1 Å². The number of aromatic nitrogens is 1. The molecule has 19 heteroatoms. The third-order valence-corrected chi connectivity index (χ3v) is 23.4. The minimum atomic E-state index is -2.82. The average molecular weight is 1140 g/mol. The quantitative estimate of drug-likeness (QED) is 0.0569. The number of hydrogen-bond acceptors (Lipinski definition) is 17. The smallest absolute Gasteiger partial charge is 0.265 e. The fourth-order valence-corrected chi connectivity index (χ4v) is 15.6. The number of rotatable bonds is 10. The Hall–Kier alpha value is -6.90. The maximum atomic E-state index is 15.6. The summed E-state index contributed by atoms with van der Waals surface area (Å²) in [5.74, 6) is -6.47. The van der Waals surface area contributed by atoms with Crippen molar-refractivity contribution in [3.8, 4) is 5.88 Å². The number of aliphatic hydroxyl groups excluding tert-OH is 3. The van der Waals surface area contributed by atoms with Gasteiger partial charge in [0.1, 0.15) is 35.0 Å². The van der Waals surface area contributed by atoms with E-state index in [0.29, 0.717) is 36.1 Å². The van der Waals surface area contributed by atoms with E-state index in [9.17, 15) is 34.8 Å². The van der Waals surface area contributed by atoms with E-state index in [0.717, 1.165) is 39.2 Å². The van der Waals surface area contributed by atoms with Crippen LogP contribution in [0.25, 0.3) is 11.5 Å². The van der Waals surface area contributed by atoms with E-state index in [1.807, 2.05) is 133 Å². The topological polar surface area (TPSA) is 250 Å². The summed E-state index contributed by atoms with van der Waals surface area (Å²) in [6.45, 7) is 18.2. The molecule has 3 aromatic carbocycles. The number of Topliss-reactive ketones (excluding diaryl/α,β-unsaturated/α-hetero) is 4. The monoisotopic (exact) mass is 1140 g/mol. The van der Waals surface area contributed by atoms with Gasteiger partial charge in [0.05, 0.1) is 12.1 Å². The van der Waals surface area contributed by atoms with Crippen molar-refractivity contribution in [1.82, 2.24) is 15.0 Å². The fraction of sp³-hybridized carbons (Fsp3) is 0.492. The Morgan fingerprint density at radius 2 is 1.21 bits per heavy atom. The van der Waals surface area contributed by atoms with Crippen molar-refractivity contribution in [2.75, 3.05) is 66.2 Å². The van der Waals surface area contributed by atoms with Crippen molar-refractivity contribution in [3.63, 3.8) is 0 Å². The third-order valence-electron chi connectivity index (χ3n) is 19.0. The Morgan fingerprint density at radius 3 is 1.67 bits per heavy atom. The molecule has 0 spiro atoms. The molecule has 0 unspecified atom stereocenters. The van der Waals surface area contributed by atoms with Crippen molar-refractivity contribution < 1.29 is 58.1 Å². The van der Waals surface area contributed by atoms with Crippen molar-refractivity contribution in [2.45, 2.75) is 122 Å². The van der Waals surface area contributed by atoms with Crippen LogP contribution in [0.3, 0.4) is 0 Å². The summed E-state index contributed by atoms with van der Waals surface area (Å²) in [4.78, 5) is 77.7. The van der Waals surface area contributed by atoms with Crippen molar-refractivity contribution in [1.29, 1.82) is 0 Å². The predicted octanol–water partition coefficient (Wildman–Crippen LogP) is 8.33. The summed E-state index contributed by atoms with van der Waals surface area (Å²) >= 11 is 0. The molecule has 1 amide bonds. The van der Waals surface area contributed by atoms with E-state index in [1.54, 1.807) is 14.1 Å². The maximum absolute atomic E-state index is 15.6. The summed E-state index contributed by atoms with van der Waals surface area (Å²) in [5.41, 5.74) is 6.23. The van der Waals surface area contributed by atoms with Crippen molar-refractivity contribution >= 4 is 60.3 Å². The Morgan fingerprint density at radius 1 is 0.720 bits per heavy atom. The zero-order valence-corrected chi connectivity index (χ0v) is 51.4. The molecule has 0 radical (unpaired) electrons. The van der Waals surface area contributed by atoms with E-state index < -0.39 is 94.6 Å². The molecule has 0 bridgehead atoms. The van der Waals surface area contributed by atoms with Gasteiger partial charge in [-0.2, -0.15) is 0 Å². The fourth-order valence-electron chi connectivity index (χ4n) is 14.1. The SMILES string of the molecule is Cc1ccc(N(C)C)c2c1C(O)=C1C(=O)[C@]3(O)C(O)=C(C(N)=O)C(=O)[C@@H](N(C)C)[C@@H]3C[C@]1(C)C2.Cc1ccc(N(C)C)c2c1C(O)=C1C(=O)[C@]3(O[Si](C)(C)C(C)(C)C)C(=O)c4c(OCc5ccccc5)noc4[C@@H](N(C)C)[C@@H]3C[C@]1(C)C2. The van der Waals surface area contributed by atoms with Crippen LogP contribution in [-0.2, 0) is 43.1 Å². The lowest BCUT2D eigenvalue weighted by Gasteiger charge is -2.57. The number of anilines is 2. The van der Waals surface area contributed by atoms with Crippen LogP contribution in [0.5, 0.6) is 5.88 Å². The molecule has 438 valence electrons. The maximum Gasteiger partial charge on any atom is 0.265 e. The van der Waals surface area contributed by atoms with Crippen LogP contribution >= 0.6 is 0 Å². The summed E-state index contributed by atoms with van der Waals surface area (Å²) in [6, 6.07) is 15.9. The lowest BCUT2D eigenvalue weighted by Crippen LogP contribution is -2.69. The van der Waals surface area contributed by atoms with Crippen molar-refractivity contribution in [2.24, 2.45) is 28.4 Å². The molecule has 82 heavy (non-hydrogen) atoms. The molecule has 1 heterocycles. The molecule has 4 aromatic rings. The van der Waals surface area contributed by atoms with Crippen LogP contribution in [0, 0.1) is 36.5 Å². The lowest BCUT2D eigenvalue weighted by atomic mass is 9.51. The average Bonchev–Trinajstić information content (AvgIpc) is 2.15. The van der Waals surface area contributed by atoms with Crippen LogP contribution < -0.4 is 20.3 Å². The van der Waals surface area contributed by atoms with Crippen LogP contribution in [0.2, 0.25) is 18.1 Å². The molecule has 6 aliphatic carbocycles. The molecule has 18 nitrogen and oxygen atoms in total. The van der Waals surface area contributed by atoms with Crippen LogP contribution in [0.1, 0.15) is 109 Å². The normalized spacial score (nSPS) is 27.7. The summed E-state index contributed by atoms with van der Waals surface area (Å²) in [6.07, 6.45) is 1.43. The van der Waals surface area contributed by atoms with Gasteiger partial charge in [-0.1, -0.05) is 77.1 Å². The van der Waals surface area contributed by atoms with Crippen LogP contribution in [0.4, 0.5) is 11.4 Å². The van der Waals surface area contributed by atoms with Gasteiger partial charge in [-0.05, 0) is 131 Å².